The van der Waals surface area contributed by atoms with Gasteiger partial charge in [-0.1, -0.05) is 13.8 Å². The van der Waals surface area contributed by atoms with Crippen molar-refractivity contribution in [1.82, 2.24) is 31.9 Å². The number of hydrogen-bond acceptors (Lipinski definition) is 10. The zero-order chi connectivity index (χ0) is 31.3. The van der Waals surface area contributed by atoms with Crippen molar-refractivity contribution in [1.29, 1.82) is 0 Å². The van der Waals surface area contributed by atoms with Crippen molar-refractivity contribution >= 4 is 47.4 Å². The van der Waals surface area contributed by atoms with Gasteiger partial charge in [0.05, 0.1) is 31.7 Å². The molecular weight excluding hydrogens is 550 g/mol. The van der Waals surface area contributed by atoms with E-state index in [1.54, 1.807) is 13.8 Å². The summed E-state index contributed by atoms with van der Waals surface area (Å²) in [6, 6.07) is -5.15. The third-order valence-corrected chi connectivity index (χ3v) is 5.86. The van der Waals surface area contributed by atoms with Gasteiger partial charge in [-0.2, -0.15) is 0 Å². The van der Waals surface area contributed by atoms with Crippen molar-refractivity contribution in [3.8, 4) is 0 Å². The predicted octanol–water partition coefficient (Wildman–Crippen LogP) is -5.12. The van der Waals surface area contributed by atoms with E-state index in [1.165, 1.54) is 0 Å². The maximum atomic E-state index is 12.9. The van der Waals surface area contributed by atoms with Gasteiger partial charge in [-0.25, -0.2) is 4.79 Å². The van der Waals surface area contributed by atoms with Crippen LogP contribution in [-0.2, 0) is 38.4 Å². The number of primary amides is 1. The Balaban J connectivity index is 2.82. The SMILES string of the molecule is CC(C)[C@H](NC(=O)CNC(=O)[C@H](CC(=O)O)NC(=O)[C@H](CCC(N)=O)NC(=O)CNC(=O)[C@@H]1C[C@@H](O)CN1)C(=O)O. The van der Waals surface area contributed by atoms with Crippen LogP contribution in [0.1, 0.15) is 39.5 Å². The van der Waals surface area contributed by atoms with Crippen LogP contribution in [-0.4, -0.2) is 113 Å². The second-order valence-electron chi connectivity index (χ2n) is 9.70. The van der Waals surface area contributed by atoms with Gasteiger partial charge >= 0.3 is 11.9 Å². The Morgan fingerprint density at radius 2 is 1.49 bits per heavy atom. The first-order valence-corrected chi connectivity index (χ1v) is 12.7. The molecule has 1 fully saturated rings. The van der Waals surface area contributed by atoms with Gasteiger partial charge < -0.3 is 53.0 Å². The van der Waals surface area contributed by atoms with Gasteiger partial charge in [0.2, 0.25) is 35.4 Å². The summed E-state index contributed by atoms with van der Waals surface area (Å²) < 4.78 is 0. The Hall–Kier alpha value is -4.32. The number of aliphatic hydroxyl groups is 1. The molecule has 0 saturated carbocycles. The number of rotatable bonds is 17. The van der Waals surface area contributed by atoms with Crippen molar-refractivity contribution in [2.75, 3.05) is 19.6 Å². The topological polar surface area (TPSA) is 295 Å². The van der Waals surface area contributed by atoms with E-state index in [1.807, 2.05) is 0 Å². The van der Waals surface area contributed by atoms with Gasteiger partial charge in [-0.15, -0.1) is 0 Å². The molecule has 5 atom stereocenters. The summed E-state index contributed by atoms with van der Waals surface area (Å²) in [6.45, 7) is 2.01. The third-order valence-electron chi connectivity index (χ3n) is 5.86. The molecule has 1 aliphatic rings. The highest BCUT2D eigenvalue weighted by molar-refractivity contribution is 5.96. The van der Waals surface area contributed by atoms with Gasteiger partial charge in [0.1, 0.15) is 18.1 Å². The number of β-amino-alcohol motifs (C(OH)–C–C–N with tert-alkyl or cyclic N) is 1. The van der Waals surface area contributed by atoms with E-state index in [9.17, 15) is 48.6 Å². The Morgan fingerprint density at radius 1 is 0.878 bits per heavy atom. The van der Waals surface area contributed by atoms with Crippen LogP contribution in [0.25, 0.3) is 0 Å². The highest BCUT2D eigenvalue weighted by Crippen LogP contribution is 2.06. The smallest absolute Gasteiger partial charge is 0.326 e. The van der Waals surface area contributed by atoms with E-state index < -0.39 is 103 Å². The van der Waals surface area contributed by atoms with Crippen LogP contribution in [0.3, 0.4) is 0 Å². The van der Waals surface area contributed by atoms with E-state index in [-0.39, 0.29) is 25.8 Å². The summed E-state index contributed by atoms with van der Waals surface area (Å²) in [5.41, 5.74) is 5.12. The summed E-state index contributed by atoms with van der Waals surface area (Å²) in [7, 11) is 0. The predicted molar refractivity (Wildman–Crippen MR) is 137 cm³/mol. The molecule has 0 aromatic carbocycles. The fourth-order valence-electron chi connectivity index (χ4n) is 3.69. The Kier molecular flexibility index (Phi) is 14.1. The van der Waals surface area contributed by atoms with Crippen LogP contribution in [0.5, 0.6) is 0 Å². The second-order valence-corrected chi connectivity index (χ2v) is 9.70. The summed E-state index contributed by atoms with van der Waals surface area (Å²) in [6.07, 6.45) is -2.19. The van der Waals surface area contributed by atoms with Crippen LogP contribution in [0.2, 0.25) is 0 Å². The normalized spacial score (nSPS) is 18.3. The van der Waals surface area contributed by atoms with E-state index >= 15 is 0 Å². The zero-order valence-electron chi connectivity index (χ0n) is 22.6. The van der Waals surface area contributed by atoms with Crippen molar-refractivity contribution in [3.05, 3.63) is 0 Å². The first kappa shape index (κ1) is 34.7. The number of hydrogen-bond donors (Lipinski definition) is 10. The molecule has 230 valence electrons. The van der Waals surface area contributed by atoms with Crippen molar-refractivity contribution < 1.29 is 53.7 Å². The number of aliphatic hydroxyl groups excluding tert-OH is 1. The lowest BCUT2D eigenvalue weighted by molar-refractivity contribution is -0.143. The fraction of sp³-hybridized carbons (Fsp3) is 0.652. The number of carbonyl (C=O) groups is 8. The third kappa shape index (κ3) is 13.1. The molecule has 6 amide bonds. The molecule has 1 rings (SSSR count). The van der Waals surface area contributed by atoms with Crippen molar-refractivity contribution in [3.63, 3.8) is 0 Å². The second kappa shape index (κ2) is 16.7. The molecule has 41 heavy (non-hydrogen) atoms. The summed E-state index contributed by atoms with van der Waals surface area (Å²) in [4.78, 5) is 95.9. The Bertz CT molecular complexity index is 1020. The molecule has 0 unspecified atom stereocenters. The van der Waals surface area contributed by atoms with E-state index in [0.29, 0.717) is 0 Å². The molecule has 11 N–H and O–H groups in total. The molecule has 18 heteroatoms. The molecule has 18 nitrogen and oxygen atoms in total. The van der Waals surface area contributed by atoms with Gasteiger partial charge in [0, 0.05) is 13.0 Å². The number of carbonyl (C=O) groups excluding carboxylic acids is 6. The molecule has 0 radical (unpaired) electrons. The average Bonchev–Trinajstić information content (AvgIpc) is 3.31. The van der Waals surface area contributed by atoms with Crippen LogP contribution in [0.4, 0.5) is 0 Å². The monoisotopic (exact) mass is 587 g/mol. The highest BCUT2D eigenvalue weighted by Gasteiger charge is 2.31. The minimum Gasteiger partial charge on any atom is -0.481 e. The lowest BCUT2D eigenvalue weighted by Gasteiger charge is -2.23. The molecule has 0 aromatic heterocycles. The zero-order valence-corrected chi connectivity index (χ0v) is 22.6. The van der Waals surface area contributed by atoms with Crippen molar-refractivity contribution in [2.45, 2.75) is 69.8 Å². The van der Waals surface area contributed by atoms with E-state index in [2.05, 4.69) is 31.9 Å². The van der Waals surface area contributed by atoms with Crippen LogP contribution in [0.15, 0.2) is 0 Å². The summed E-state index contributed by atoms with van der Waals surface area (Å²) >= 11 is 0. The van der Waals surface area contributed by atoms with E-state index in [4.69, 9.17) is 10.8 Å². The summed E-state index contributed by atoms with van der Waals surface area (Å²) in [5, 5.41) is 41.7. The minimum absolute atomic E-state index is 0.143. The number of carboxylic acids is 2. The van der Waals surface area contributed by atoms with Crippen LogP contribution in [0, 0.1) is 5.92 Å². The van der Waals surface area contributed by atoms with Crippen molar-refractivity contribution in [2.24, 2.45) is 11.7 Å². The lowest BCUT2D eigenvalue weighted by Crippen LogP contribution is -2.56. The lowest BCUT2D eigenvalue weighted by atomic mass is 10.0. The highest BCUT2D eigenvalue weighted by atomic mass is 16.4. The molecular formula is C23H37N7O11. The fourth-order valence-corrected chi connectivity index (χ4v) is 3.69. The number of aliphatic carboxylic acids is 2. The number of amides is 6. The van der Waals surface area contributed by atoms with E-state index in [0.717, 1.165) is 0 Å². The molecule has 0 bridgehead atoms. The largest absolute Gasteiger partial charge is 0.481 e. The summed E-state index contributed by atoms with van der Waals surface area (Å²) in [5.74, 6) is -8.53. The first-order valence-electron chi connectivity index (χ1n) is 12.7. The molecule has 1 heterocycles. The van der Waals surface area contributed by atoms with Gasteiger partial charge in [0.15, 0.2) is 0 Å². The Labute approximate surface area is 234 Å². The molecule has 0 aromatic rings. The quantitative estimate of drug-likeness (QED) is 0.0764. The van der Waals surface area contributed by atoms with Crippen LogP contribution < -0.4 is 37.6 Å². The van der Waals surface area contributed by atoms with Gasteiger partial charge in [0.25, 0.3) is 0 Å². The molecule has 1 saturated heterocycles. The maximum absolute atomic E-state index is 12.9. The maximum Gasteiger partial charge on any atom is 0.326 e. The number of nitrogens with two attached hydrogens (primary N) is 1. The van der Waals surface area contributed by atoms with Crippen LogP contribution >= 0.6 is 0 Å². The van der Waals surface area contributed by atoms with Gasteiger partial charge in [-0.05, 0) is 18.8 Å². The Morgan fingerprint density at radius 3 is 2.00 bits per heavy atom. The minimum atomic E-state index is -1.72. The molecule has 0 spiro atoms. The first-order chi connectivity index (χ1) is 19.1. The number of carboxylic acid groups (broad SMARTS) is 2. The van der Waals surface area contributed by atoms with Gasteiger partial charge in [-0.3, -0.25) is 33.6 Å². The molecule has 1 aliphatic heterocycles. The number of nitrogens with one attached hydrogen (secondary N) is 6. The standard InChI is InChI=1S/C23H37N7O11/c1-10(2)19(23(40)41)30-17(34)9-27-21(38)14(6-18(35)36)29-22(39)12(3-4-15(24)32)28-16(33)8-26-20(37)13-5-11(31)7-25-13/h10-14,19,25,31H,3-9H2,1-2H3,(H2,24,32)(H,26,37)(H,27,38)(H,28,33)(H,29,39)(H,30,34)(H,35,36)(H,40,41)/t11-,12+,13+,14+,19+/m1/s1. The molecule has 0 aliphatic carbocycles. The average molecular weight is 588 g/mol.